The van der Waals surface area contributed by atoms with Gasteiger partial charge < -0.3 is 19.7 Å². The van der Waals surface area contributed by atoms with Crippen LogP contribution in [0.2, 0.25) is 0 Å². The van der Waals surface area contributed by atoms with E-state index in [1.165, 1.54) is 6.20 Å². The third-order valence-electron chi connectivity index (χ3n) is 5.61. The Hall–Kier alpha value is -3.62. The molecule has 0 atom stereocenters. The van der Waals surface area contributed by atoms with Crippen LogP contribution in [0.25, 0.3) is 10.9 Å². The number of para-hydroxylation sites is 1. The number of carbonyl (C=O) groups is 2. The standard InChI is InChI=1S/C25H31N5O4/c1-24(2,3)34-23(32)30-11-12-33-20-16(15-30)13-26-14-18(20)22(31)27-25(4,5)21-17-9-7-8-10-19(17)29(6)28-21/h7-10,13-14H,11-12,15H2,1-6H3,(H,27,31). The molecule has 1 N–H and O–H groups in total. The van der Waals surface area contributed by atoms with Crippen molar-refractivity contribution in [3.8, 4) is 5.75 Å². The molecule has 0 unspecified atom stereocenters. The Kier molecular flexibility index (Phi) is 5.97. The molecule has 1 aliphatic rings. The van der Waals surface area contributed by atoms with Gasteiger partial charge in [0, 0.05) is 30.4 Å². The van der Waals surface area contributed by atoms with Gasteiger partial charge in [-0.05, 0) is 40.7 Å². The summed E-state index contributed by atoms with van der Waals surface area (Å²) in [6.07, 6.45) is 2.68. The first kappa shape index (κ1) is 23.5. The summed E-state index contributed by atoms with van der Waals surface area (Å²) in [6.45, 7) is 10.1. The molecular formula is C25H31N5O4. The van der Waals surface area contributed by atoms with Crippen molar-refractivity contribution in [3.05, 3.63) is 53.5 Å². The summed E-state index contributed by atoms with van der Waals surface area (Å²) in [6, 6.07) is 7.91. The average molecular weight is 466 g/mol. The number of rotatable bonds is 3. The molecule has 0 saturated carbocycles. The number of aryl methyl sites for hydroxylation is 1. The fourth-order valence-electron chi connectivity index (χ4n) is 4.05. The first-order valence-corrected chi connectivity index (χ1v) is 11.3. The SMILES string of the molecule is Cn1nc(C(C)(C)NC(=O)c2cncc3c2OCCN(C(=O)OC(C)(C)C)C3)c2ccccc21. The number of fused-ring (bicyclic) bond motifs is 2. The van der Waals surface area contributed by atoms with Crippen LogP contribution >= 0.6 is 0 Å². The average Bonchev–Trinajstić information content (AvgIpc) is 2.95. The number of benzene rings is 1. The minimum Gasteiger partial charge on any atom is -0.490 e. The van der Waals surface area contributed by atoms with Crippen molar-refractivity contribution in [1.29, 1.82) is 0 Å². The van der Waals surface area contributed by atoms with Crippen LogP contribution in [0.4, 0.5) is 4.79 Å². The zero-order chi connectivity index (χ0) is 24.7. The fourth-order valence-corrected chi connectivity index (χ4v) is 4.05. The highest BCUT2D eigenvalue weighted by Gasteiger charge is 2.32. The monoisotopic (exact) mass is 465 g/mol. The van der Waals surface area contributed by atoms with Gasteiger partial charge >= 0.3 is 6.09 Å². The minimum absolute atomic E-state index is 0.241. The Labute approximate surface area is 199 Å². The second-order valence-electron chi connectivity index (χ2n) is 9.99. The predicted molar refractivity (Wildman–Crippen MR) is 128 cm³/mol. The lowest BCUT2D eigenvalue weighted by Crippen LogP contribution is -2.41. The zero-order valence-corrected chi connectivity index (χ0v) is 20.5. The van der Waals surface area contributed by atoms with Crippen LogP contribution in [0.1, 0.15) is 56.2 Å². The number of pyridine rings is 1. The fraction of sp³-hybridized carbons (Fsp3) is 0.440. The third-order valence-corrected chi connectivity index (χ3v) is 5.61. The molecule has 0 spiro atoms. The first-order chi connectivity index (χ1) is 16.0. The van der Waals surface area contributed by atoms with Crippen molar-refractivity contribution < 1.29 is 19.1 Å². The Morgan fingerprint density at radius 3 is 2.59 bits per heavy atom. The van der Waals surface area contributed by atoms with Crippen molar-refractivity contribution in [2.75, 3.05) is 13.2 Å². The number of nitrogens with zero attached hydrogens (tertiary/aromatic N) is 4. The first-order valence-electron chi connectivity index (χ1n) is 11.3. The van der Waals surface area contributed by atoms with Gasteiger partial charge in [0.15, 0.2) is 0 Å². The van der Waals surface area contributed by atoms with Crippen molar-refractivity contribution in [2.24, 2.45) is 7.05 Å². The van der Waals surface area contributed by atoms with Gasteiger partial charge in [0.05, 0.1) is 35.4 Å². The van der Waals surface area contributed by atoms with Gasteiger partial charge in [0.25, 0.3) is 5.91 Å². The predicted octanol–water partition coefficient (Wildman–Crippen LogP) is 3.76. The number of carbonyl (C=O) groups excluding carboxylic acids is 2. The summed E-state index contributed by atoms with van der Waals surface area (Å²) in [7, 11) is 1.88. The van der Waals surface area contributed by atoms with E-state index in [4.69, 9.17) is 9.47 Å². The van der Waals surface area contributed by atoms with Crippen molar-refractivity contribution in [2.45, 2.75) is 52.3 Å². The van der Waals surface area contributed by atoms with Crippen LogP contribution in [-0.4, -0.2) is 50.4 Å². The van der Waals surface area contributed by atoms with Gasteiger partial charge in [-0.3, -0.25) is 14.5 Å². The van der Waals surface area contributed by atoms with Crippen LogP contribution in [0, 0.1) is 0 Å². The summed E-state index contributed by atoms with van der Waals surface area (Å²) < 4.78 is 13.2. The Morgan fingerprint density at radius 2 is 1.85 bits per heavy atom. The van der Waals surface area contributed by atoms with E-state index in [0.29, 0.717) is 23.4 Å². The molecule has 3 aromatic rings. The smallest absolute Gasteiger partial charge is 0.410 e. The number of amides is 2. The molecule has 34 heavy (non-hydrogen) atoms. The van der Waals surface area contributed by atoms with E-state index < -0.39 is 17.2 Å². The van der Waals surface area contributed by atoms with Crippen LogP contribution in [0.3, 0.4) is 0 Å². The van der Waals surface area contributed by atoms with Crippen LogP contribution in [-0.2, 0) is 23.9 Å². The van der Waals surface area contributed by atoms with Crippen molar-refractivity contribution >= 4 is 22.9 Å². The lowest BCUT2D eigenvalue weighted by atomic mass is 9.96. The van der Waals surface area contributed by atoms with E-state index in [-0.39, 0.29) is 19.1 Å². The molecule has 2 aromatic heterocycles. The third kappa shape index (κ3) is 4.69. The molecule has 9 nitrogen and oxygen atoms in total. The second kappa shape index (κ2) is 8.62. The highest BCUT2D eigenvalue weighted by molar-refractivity contribution is 5.98. The van der Waals surface area contributed by atoms with E-state index in [9.17, 15) is 9.59 Å². The number of hydrogen-bond acceptors (Lipinski definition) is 6. The van der Waals surface area contributed by atoms with E-state index in [1.54, 1.807) is 11.1 Å². The Balaban J connectivity index is 1.59. The largest absolute Gasteiger partial charge is 0.490 e. The van der Waals surface area contributed by atoms with Gasteiger partial charge in [0.1, 0.15) is 18.0 Å². The molecule has 9 heteroatoms. The zero-order valence-electron chi connectivity index (χ0n) is 20.5. The molecule has 0 saturated heterocycles. The quantitative estimate of drug-likeness (QED) is 0.632. The normalized spacial score (nSPS) is 14.2. The van der Waals surface area contributed by atoms with Gasteiger partial charge in [-0.25, -0.2) is 4.79 Å². The molecular weight excluding hydrogens is 434 g/mol. The van der Waals surface area contributed by atoms with Crippen molar-refractivity contribution in [3.63, 3.8) is 0 Å². The molecule has 1 aromatic carbocycles. The molecule has 4 rings (SSSR count). The summed E-state index contributed by atoms with van der Waals surface area (Å²) in [5, 5.41) is 8.73. The highest BCUT2D eigenvalue weighted by atomic mass is 16.6. The van der Waals surface area contributed by atoms with E-state index in [2.05, 4.69) is 15.4 Å². The highest BCUT2D eigenvalue weighted by Crippen LogP contribution is 2.31. The van der Waals surface area contributed by atoms with Crippen molar-refractivity contribution in [1.82, 2.24) is 25.0 Å². The Bertz CT molecular complexity index is 1240. The Morgan fingerprint density at radius 1 is 1.12 bits per heavy atom. The number of hydrogen-bond donors (Lipinski definition) is 1. The van der Waals surface area contributed by atoms with Gasteiger partial charge in [-0.15, -0.1) is 0 Å². The molecule has 0 radical (unpaired) electrons. The number of aromatic nitrogens is 3. The number of ether oxygens (including phenoxy) is 2. The molecule has 1 aliphatic heterocycles. The van der Waals surface area contributed by atoms with Gasteiger partial charge in [-0.2, -0.15) is 5.10 Å². The molecule has 0 aliphatic carbocycles. The second-order valence-corrected chi connectivity index (χ2v) is 9.99. The van der Waals surface area contributed by atoms with Crippen LogP contribution < -0.4 is 10.1 Å². The maximum absolute atomic E-state index is 13.4. The van der Waals surface area contributed by atoms with E-state index >= 15 is 0 Å². The summed E-state index contributed by atoms with van der Waals surface area (Å²) in [5.41, 5.74) is 1.36. The minimum atomic E-state index is -0.756. The topological polar surface area (TPSA) is 98.6 Å². The molecule has 0 bridgehead atoms. The molecule has 180 valence electrons. The van der Waals surface area contributed by atoms with Gasteiger partial charge in [0.2, 0.25) is 0 Å². The lowest BCUT2D eigenvalue weighted by molar-refractivity contribution is 0.0225. The summed E-state index contributed by atoms with van der Waals surface area (Å²) >= 11 is 0. The summed E-state index contributed by atoms with van der Waals surface area (Å²) in [5.74, 6) is 0.107. The lowest BCUT2D eigenvalue weighted by Gasteiger charge is -2.26. The van der Waals surface area contributed by atoms with Crippen LogP contribution in [0.15, 0.2) is 36.7 Å². The maximum Gasteiger partial charge on any atom is 0.410 e. The van der Waals surface area contributed by atoms with Gasteiger partial charge in [-0.1, -0.05) is 18.2 Å². The molecule has 0 fully saturated rings. The molecule has 3 heterocycles. The molecule has 2 amide bonds. The van der Waals surface area contributed by atoms with E-state index in [1.807, 2.05) is 70.6 Å². The van der Waals surface area contributed by atoms with Crippen LogP contribution in [0.5, 0.6) is 5.75 Å². The summed E-state index contributed by atoms with van der Waals surface area (Å²) in [4.78, 5) is 31.8. The number of nitrogens with one attached hydrogen (secondary N) is 1. The van der Waals surface area contributed by atoms with E-state index in [0.717, 1.165) is 16.6 Å². The maximum atomic E-state index is 13.4.